The van der Waals surface area contributed by atoms with E-state index in [1.54, 1.807) is 0 Å². The highest BCUT2D eigenvalue weighted by Crippen LogP contribution is 2.23. The number of nitrogens with two attached hydrogens (primary N) is 1. The van der Waals surface area contributed by atoms with Crippen molar-refractivity contribution in [2.45, 2.75) is 6.36 Å². The quantitative estimate of drug-likeness (QED) is 0.926. The molecule has 0 spiro atoms. The van der Waals surface area contributed by atoms with Gasteiger partial charge in [0.25, 0.3) is 5.91 Å². The fourth-order valence-corrected chi connectivity index (χ4v) is 1.39. The summed E-state index contributed by atoms with van der Waals surface area (Å²) in [5.41, 5.74) is 5.74. The number of benzene rings is 1. The number of hydrogen-bond acceptors (Lipinski definition) is 3. The first-order valence-electron chi connectivity index (χ1n) is 5.06. The molecule has 100 valence electrons. The van der Waals surface area contributed by atoms with E-state index >= 15 is 0 Å². The van der Waals surface area contributed by atoms with Gasteiger partial charge in [-0.2, -0.15) is 5.10 Å². The summed E-state index contributed by atoms with van der Waals surface area (Å²) in [4.78, 5) is 10.9. The summed E-state index contributed by atoms with van der Waals surface area (Å²) in [7, 11) is 0. The van der Waals surface area contributed by atoms with Gasteiger partial charge in [-0.1, -0.05) is 0 Å². The van der Waals surface area contributed by atoms with E-state index in [9.17, 15) is 18.0 Å². The number of amides is 1. The van der Waals surface area contributed by atoms with Crippen LogP contribution in [-0.2, 0) is 0 Å². The van der Waals surface area contributed by atoms with Gasteiger partial charge in [-0.15, -0.1) is 13.2 Å². The first-order valence-corrected chi connectivity index (χ1v) is 5.06. The van der Waals surface area contributed by atoms with Crippen LogP contribution in [0, 0.1) is 0 Å². The molecule has 0 atom stereocenters. The normalized spacial score (nSPS) is 11.3. The summed E-state index contributed by atoms with van der Waals surface area (Å²) in [5.74, 6) is -0.971. The highest BCUT2D eigenvalue weighted by atomic mass is 19.4. The molecule has 0 radical (unpaired) electrons. The van der Waals surface area contributed by atoms with Gasteiger partial charge in [0.05, 0.1) is 17.4 Å². The van der Waals surface area contributed by atoms with E-state index in [0.29, 0.717) is 5.69 Å². The van der Waals surface area contributed by atoms with Crippen molar-refractivity contribution >= 4 is 5.91 Å². The van der Waals surface area contributed by atoms with Crippen LogP contribution in [0.25, 0.3) is 5.69 Å². The highest BCUT2D eigenvalue weighted by Gasteiger charge is 2.30. The predicted octanol–water partition coefficient (Wildman–Crippen LogP) is 1.87. The molecule has 1 heterocycles. The first-order chi connectivity index (χ1) is 8.85. The zero-order valence-electron chi connectivity index (χ0n) is 9.39. The van der Waals surface area contributed by atoms with Gasteiger partial charge in [0.15, 0.2) is 0 Å². The van der Waals surface area contributed by atoms with Crippen LogP contribution in [0.15, 0.2) is 36.7 Å². The Hall–Kier alpha value is -2.51. The minimum atomic E-state index is -4.73. The second-order valence-electron chi connectivity index (χ2n) is 3.58. The van der Waals surface area contributed by atoms with Gasteiger partial charge < -0.3 is 10.5 Å². The monoisotopic (exact) mass is 271 g/mol. The largest absolute Gasteiger partial charge is 0.573 e. The molecule has 2 N–H and O–H groups in total. The fraction of sp³-hybridized carbons (Fsp3) is 0.0909. The maximum Gasteiger partial charge on any atom is 0.573 e. The van der Waals surface area contributed by atoms with Gasteiger partial charge in [0.1, 0.15) is 5.75 Å². The molecule has 0 saturated carbocycles. The molecular weight excluding hydrogens is 263 g/mol. The summed E-state index contributed by atoms with van der Waals surface area (Å²) in [6, 6.07) is 5.04. The summed E-state index contributed by atoms with van der Waals surface area (Å²) >= 11 is 0. The lowest BCUT2D eigenvalue weighted by atomic mass is 10.3. The van der Waals surface area contributed by atoms with Crippen molar-refractivity contribution in [3.63, 3.8) is 0 Å². The molecule has 8 heteroatoms. The standard InChI is InChI=1S/C11H8F3N3O2/c12-11(13,14)19-9-3-1-8(2-4-9)17-6-7(5-16-17)10(15)18/h1-6H,(H2,15,18). The SMILES string of the molecule is NC(=O)c1cnn(-c2ccc(OC(F)(F)F)cc2)c1. The number of hydrogen-bond donors (Lipinski definition) is 1. The highest BCUT2D eigenvalue weighted by molar-refractivity contribution is 5.92. The molecule has 0 aliphatic heterocycles. The Kier molecular flexibility index (Phi) is 3.16. The molecule has 0 aliphatic carbocycles. The van der Waals surface area contributed by atoms with Crippen molar-refractivity contribution in [1.29, 1.82) is 0 Å². The van der Waals surface area contributed by atoms with Gasteiger partial charge in [-0.25, -0.2) is 4.68 Å². The molecule has 2 aromatic rings. The Morgan fingerprint density at radius 2 is 1.89 bits per heavy atom. The lowest BCUT2D eigenvalue weighted by Crippen LogP contribution is -2.17. The van der Waals surface area contributed by atoms with Crippen LogP contribution in [0.3, 0.4) is 0 Å². The van der Waals surface area contributed by atoms with E-state index in [-0.39, 0.29) is 11.3 Å². The van der Waals surface area contributed by atoms with E-state index in [1.165, 1.54) is 29.2 Å². The number of primary amides is 1. The van der Waals surface area contributed by atoms with E-state index in [4.69, 9.17) is 5.73 Å². The minimum Gasteiger partial charge on any atom is -0.406 e. The summed E-state index contributed by atoms with van der Waals surface area (Å²) < 4.78 is 40.9. The molecule has 1 aromatic carbocycles. The van der Waals surface area contributed by atoms with E-state index in [1.807, 2.05) is 0 Å². The van der Waals surface area contributed by atoms with E-state index in [2.05, 4.69) is 9.84 Å². The summed E-state index contributed by atoms with van der Waals surface area (Å²) in [5, 5.41) is 3.86. The Bertz CT molecular complexity index is 590. The van der Waals surface area contributed by atoms with Gasteiger partial charge in [-0.05, 0) is 24.3 Å². The Labute approximate surface area is 105 Å². The van der Waals surface area contributed by atoms with Crippen LogP contribution >= 0.6 is 0 Å². The third-order valence-electron chi connectivity index (χ3n) is 2.20. The number of nitrogens with zero attached hydrogens (tertiary/aromatic N) is 2. The molecule has 0 unspecified atom stereocenters. The number of rotatable bonds is 3. The molecule has 1 aromatic heterocycles. The smallest absolute Gasteiger partial charge is 0.406 e. The van der Waals surface area contributed by atoms with Crippen molar-refractivity contribution < 1.29 is 22.7 Å². The third kappa shape index (κ3) is 3.24. The van der Waals surface area contributed by atoms with E-state index < -0.39 is 12.3 Å². The predicted molar refractivity (Wildman–Crippen MR) is 58.8 cm³/mol. The number of ether oxygens (including phenoxy) is 1. The Balaban J connectivity index is 2.20. The van der Waals surface area contributed by atoms with E-state index in [0.717, 1.165) is 12.1 Å². The van der Waals surface area contributed by atoms with Crippen molar-refractivity contribution in [1.82, 2.24) is 9.78 Å². The molecule has 0 saturated heterocycles. The van der Waals surface area contributed by atoms with Gasteiger partial charge in [-0.3, -0.25) is 4.79 Å². The maximum absolute atomic E-state index is 12.0. The molecule has 19 heavy (non-hydrogen) atoms. The molecule has 5 nitrogen and oxygen atoms in total. The van der Waals surface area contributed by atoms with Crippen LogP contribution in [-0.4, -0.2) is 22.1 Å². The first kappa shape index (κ1) is 12.9. The zero-order valence-corrected chi connectivity index (χ0v) is 9.39. The molecule has 0 bridgehead atoms. The van der Waals surface area contributed by atoms with Crippen molar-refractivity contribution in [2.24, 2.45) is 5.73 Å². The van der Waals surface area contributed by atoms with Crippen molar-refractivity contribution in [2.75, 3.05) is 0 Å². The second kappa shape index (κ2) is 4.63. The number of alkyl halides is 3. The van der Waals surface area contributed by atoms with Crippen LogP contribution in [0.1, 0.15) is 10.4 Å². The van der Waals surface area contributed by atoms with Crippen molar-refractivity contribution in [3.05, 3.63) is 42.2 Å². The van der Waals surface area contributed by atoms with Crippen molar-refractivity contribution in [3.8, 4) is 11.4 Å². The Morgan fingerprint density at radius 1 is 1.26 bits per heavy atom. The van der Waals surface area contributed by atoms with Gasteiger partial charge >= 0.3 is 6.36 Å². The molecule has 0 aliphatic rings. The number of carbonyl (C=O) groups excluding carboxylic acids is 1. The molecular formula is C11H8F3N3O2. The minimum absolute atomic E-state index is 0.204. The maximum atomic E-state index is 12.0. The van der Waals surface area contributed by atoms with Crippen LogP contribution in [0.2, 0.25) is 0 Å². The number of carbonyl (C=O) groups is 1. The molecule has 1 amide bonds. The topological polar surface area (TPSA) is 70.1 Å². The average molecular weight is 271 g/mol. The van der Waals surface area contributed by atoms with Crippen LogP contribution in [0.4, 0.5) is 13.2 Å². The second-order valence-corrected chi connectivity index (χ2v) is 3.58. The number of halogens is 3. The fourth-order valence-electron chi connectivity index (χ4n) is 1.39. The molecule has 2 rings (SSSR count). The number of aromatic nitrogens is 2. The summed E-state index contributed by atoms with van der Waals surface area (Å²) in [6.45, 7) is 0. The lowest BCUT2D eigenvalue weighted by molar-refractivity contribution is -0.274. The zero-order chi connectivity index (χ0) is 14.0. The lowest BCUT2D eigenvalue weighted by Gasteiger charge is -2.09. The Morgan fingerprint density at radius 3 is 2.37 bits per heavy atom. The van der Waals surface area contributed by atoms with Gasteiger partial charge in [0, 0.05) is 6.20 Å². The van der Waals surface area contributed by atoms with Gasteiger partial charge in [0.2, 0.25) is 0 Å². The van der Waals surface area contributed by atoms with Crippen LogP contribution in [0.5, 0.6) is 5.75 Å². The molecule has 0 fully saturated rings. The average Bonchev–Trinajstić information content (AvgIpc) is 2.77. The summed E-state index contributed by atoms with van der Waals surface area (Å²) in [6.07, 6.45) is -2.09. The van der Waals surface area contributed by atoms with Crippen LogP contribution < -0.4 is 10.5 Å². The third-order valence-corrected chi connectivity index (χ3v) is 2.20.